The number of hydrogen-bond donors (Lipinski definition) is 1. The molecule has 0 saturated heterocycles. The topological polar surface area (TPSA) is 29.1 Å². The maximum atomic E-state index is 12.0. The highest BCUT2D eigenvalue weighted by molar-refractivity contribution is 9.10. The van der Waals surface area contributed by atoms with E-state index in [-0.39, 0.29) is 5.91 Å². The molecule has 2 rings (SSSR count). The fourth-order valence-corrected chi connectivity index (χ4v) is 3.17. The summed E-state index contributed by atoms with van der Waals surface area (Å²) in [5.74, 6) is -0.102. The Labute approximate surface area is 123 Å². The Kier molecular flexibility index (Phi) is 4.43. The van der Waals surface area contributed by atoms with E-state index >= 15 is 0 Å². The minimum Gasteiger partial charge on any atom is -0.347 e. The van der Waals surface area contributed by atoms with Crippen molar-refractivity contribution in [1.29, 1.82) is 0 Å². The summed E-state index contributed by atoms with van der Waals surface area (Å²) in [4.78, 5) is 13.1. The predicted molar refractivity (Wildman–Crippen MR) is 79.4 cm³/mol. The molecular formula is C13H11BrClNOS. The fraction of sp³-hybridized carbons (Fsp3) is 0.154. The van der Waals surface area contributed by atoms with Crippen LogP contribution in [0.1, 0.15) is 20.8 Å². The van der Waals surface area contributed by atoms with Crippen molar-refractivity contribution in [3.63, 3.8) is 0 Å². The number of halogens is 2. The molecule has 0 unspecified atom stereocenters. The lowest BCUT2D eigenvalue weighted by Crippen LogP contribution is -2.23. The predicted octanol–water partition coefficient (Wildman–Crippen LogP) is 4.40. The Morgan fingerprint density at radius 1 is 1.44 bits per heavy atom. The van der Waals surface area contributed by atoms with Crippen molar-refractivity contribution < 1.29 is 4.79 Å². The third kappa shape index (κ3) is 2.94. The van der Waals surface area contributed by atoms with Crippen LogP contribution in [0.3, 0.4) is 0 Å². The zero-order chi connectivity index (χ0) is 13.1. The molecule has 0 saturated carbocycles. The standard InChI is InChI=1S/C13H11BrClNOS/c1-8-9(3-2-4-11(8)15)13(17)16-7-12-10(14)5-6-18-12/h2-6H,7H2,1H3,(H,16,17). The smallest absolute Gasteiger partial charge is 0.251 e. The van der Waals surface area contributed by atoms with Crippen molar-refractivity contribution in [2.45, 2.75) is 13.5 Å². The van der Waals surface area contributed by atoms with Gasteiger partial charge in [0.15, 0.2) is 0 Å². The van der Waals surface area contributed by atoms with Crippen molar-refractivity contribution in [2.24, 2.45) is 0 Å². The third-order valence-electron chi connectivity index (χ3n) is 2.61. The lowest BCUT2D eigenvalue weighted by atomic mass is 10.1. The summed E-state index contributed by atoms with van der Waals surface area (Å²) in [7, 11) is 0. The normalized spacial score (nSPS) is 10.4. The van der Waals surface area contributed by atoms with Crippen LogP contribution in [-0.4, -0.2) is 5.91 Å². The van der Waals surface area contributed by atoms with Crippen LogP contribution in [0.15, 0.2) is 34.1 Å². The van der Waals surface area contributed by atoms with Gasteiger partial charge in [0.05, 0.1) is 6.54 Å². The maximum Gasteiger partial charge on any atom is 0.251 e. The van der Waals surface area contributed by atoms with Gasteiger partial charge in [-0.15, -0.1) is 11.3 Å². The number of benzene rings is 1. The van der Waals surface area contributed by atoms with Gasteiger partial charge < -0.3 is 5.32 Å². The first-order valence-electron chi connectivity index (χ1n) is 5.35. The molecule has 1 amide bonds. The van der Waals surface area contributed by atoms with Crippen LogP contribution in [0.4, 0.5) is 0 Å². The van der Waals surface area contributed by atoms with E-state index in [4.69, 9.17) is 11.6 Å². The Balaban J connectivity index is 2.09. The van der Waals surface area contributed by atoms with Crippen LogP contribution in [0, 0.1) is 6.92 Å². The minimum atomic E-state index is -0.102. The van der Waals surface area contributed by atoms with Crippen molar-refractivity contribution in [1.82, 2.24) is 5.32 Å². The Bertz CT molecular complexity index is 582. The molecule has 0 atom stereocenters. The molecule has 0 bridgehead atoms. The van der Waals surface area contributed by atoms with E-state index in [0.29, 0.717) is 17.1 Å². The molecule has 18 heavy (non-hydrogen) atoms. The van der Waals surface area contributed by atoms with Gasteiger partial charge in [0.25, 0.3) is 5.91 Å². The molecule has 0 aliphatic rings. The van der Waals surface area contributed by atoms with E-state index in [1.54, 1.807) is 29.5 Å². The van der Waals surface area contributed by atoms with E-state index in [2.05, 4.69) is 21.2 Å². The van der Waals surface area contributed by atoms with Gasteiger partial charge in [-0.05, 0) is 52.0 Å². The molecule has 1 N–H and O–H groups in total. The first-order chi connectivity index (χ1) is 8.59. The second kappa shape index (κ2) is 5.87. The SMILES string of the molecule is Cc1c(Cl)cccc1C(=O)NCc1sccc1Br. The first-order valence-corrected chi connectivity index (χ1v) is 7.40. The van der Waals surface area contributed by atoms with Crippen molar-refractivity contribution >= 4 is 44.8 Å². The summed E-state index contributed by atoms with van der Waals surface area (Å²) < 4.78 is 1.02. The van der Waals surface area contributed by atoms with Crippen LogP contribution in [0.5, 0.6) is 0 Å². The summed E-state index contributed by atoms with van der Waals surface area (Å²) in [6, 6.07) is 7.31. The van der Waals surface area contributed by atoms with Gasteiger partial charge in [-0.2, -0.15) is 0 Å². The van der Waals surface area contributed by atoms with Gasteiger partial charge in [0.1, 0.15) is 0 Å². The van der Waals surface area contributed by atoms with Crippen LogP contribution >= 0.6 is 38.9 Å². The van der Waals surface area contributed by atoms with E-state index in [9.17, 15) is 4.79 Å². The van der Waals surface area contributed by atoms with Crippen molar-refractivity contribution in [2.75, 3.05) is 0 Å². The third-order valence-corrected chi connectivity index (χ3v) is 4.95. The van der Waals surface area contributed by atoms with Gasteiger partial charge in [-0.25, -0.2) is 0 Å². The monoisotopic (exact) mass is 343 g/mol. The molecule has 0 aliphatic carbocycles. The zero-order valence-electron chi connectivity index (χ0n) is 9.67. The lowest BCUT2D eigenvalue weighted by molar-refractivity contribution is 0.0950. The highest BCUT2D eigenvalue weighted by Crippen LogP contribution is 2.23. The molecule has 0 spiro atoms. The van der Waals surface area contributed by atoms with Crippen LogP contribution in [-0.2, 0) is 6.54 Å². The van der Waals surface area contributed by atoms with Crippen LogP contribution in [0.25, 0.3) is 0 Å². The average Bonchev–Trinajstić information content (AvgIpc) is 2.75. The minimum absolute atomic E-state index is 0.102. The Morgan fingerprint density at radius 3 is 2.89 bits per heavy atom. The first kappa shape index (κ1) is 13.6. The maximum absolute atomic E-state index is 12.0. The number of hydrogen-bond acceptors (Lipinski definition) is 2. The highest BCUT2D eigenvalue weighted by Gasteiger charge is 2.11. The molecule has 0 aliphatic heterocycles. The second-order valence-electron chi connectivity index (χ2n) is 3.79. The average molecular weight is 345 g/mol. The highest BCUT2D eigenvalue weighted by atomic mass is 79.9. The molecule has 1 aromatic heterocycles. The van der Waals surface area contributed by atoms with Crippen molar-refractivity contribution in [3.05, 3.63) is 55.1 Å². The van der Waals surface area contributed by atoms with Gasteiger partial charge in [-0.3, -0.25) is 4.79 Å². The second-order valence-corrected chi connectivity index (χ2v) is 6.05. The summed E-state index contributed by atoms with van der Waals surface area (Å²) in [5, 5.41) is 5.49. The molecule has 5 heteroatoms. The van der Waals surface area contributed by atoms with E-state index < -0.39 is 0 Å². The molecule has 1 heterocycles. The fourth-order valence-electron chi connectivity index (χ4n) is 1.56. The molecule has 0 fully saturated rings. The van der Waals surface area contributed by atoms with E-state index in [1.165, 1.54) is 0 Å². The number of rotatable bonds is 3. The summed E-state index contributed by atoms with van der Waals surface area (Å²) in [6.07, 6.45) is 0. The number of carbonyl (C=O) groups excluding carboxylic acids is 1. The Hall–Kier alpha value is -0.840. The number of carbonyl (C=O) groups is 1. The summed E-state index contributed by atoms with van der Waals surface area (Å²) >= 11 is 11.0. The van der Waals surface area contributed by atoms with Gasteiger partial charge in [0.2, 0.25) is 0 Å². The molecule has 1 aromatic carbocycles. The number of nitrogens with one attached hydrogen (secondary N) is 1. The summed E-state index contributed by atoms with van der Waals surface area (Å²) in [6.45, 7) is 2.36. The van der Waals surface area contributed by atoms with Gasteiger partial charge in [-0.1, -0.05) is 17.7 Å². The zero-order valence-corrected chi connectivity index (χ0v) is 12.8. The van der Waals surface area contributed by atoms with E-state index in [1.807, 2.05) is 18.4 Å². The molecule has 2 aromatic rings. The molecule has 0 radical (unpaired) electrons. The Morgan fingerprint density at radius 2 is 2.22 bits per heavy atom. The molecule has 94 valence electrons. The largest absolute Gasteiger partial charge is 0.347 e. The van der Waals surface area contributed by atoms with E-state index in [0.717, 1.165) is 14.9 Å². The lowest BCUT2D eigenvalue weighted by Gasteiger charge is -2.08. The van der Waals surface area contributed by atoms with Gasteiger partial charge in [0, 0.05) is 19.9 Å². The van der Waals surface area contributed by atoms with Crippen LogP contribution < -0.4 is 5.32 Å². The quantitative estimate of drug-likeness (QED) is 0.878. The van der Waals surface area contributed by atoms with Crippen molar-refractivity contribution in [3.8, 4) is 0 Å². The molecule has 2 nitrogen and oxygen atoms in total. The number of amides is 1. The molecular weight excluding hydrogens is 334 g/mol. The number of thiophene rings is 1. The van der Waals surface area contributed by atoms with Gasteiger partial charge >= 0.3 is 0 Å². The summed E-state index contributed by atoms with van der Waals surface area (Å²) in [5.41, 5.74) is 1.43. The van der Waals surface area contributed by atoms with Crippen LogP contribution in [0.2, 0.25) is 5.02 Å².